The standard InChI is InChI=1S/C15H21N3O4/c1-9(2)18-14(11(8-19)16-17-18)10-6-12(20-3)15(22-5)13(7-10)21-4/h6-7,9,19H,8H2,1-5H3. The summed E-state index contributed by atoms with van der Waals surface area (Å²) in [4.78, 5) is 0. The van der Waals surface area contributed by atoms with E-state index >= 15 is 0 Å². The molecule has 120 valence electrons. The summed E-state index contributed by atoms with van der Waals surface area (Å²) in [5.41, 5.74) is 2.02. The summed E-state index contributed by atoms with van der Waals surface area (Å²) >= 11 is 0. The monoisotopic (exact) mass is 307 g/mol. The molecular weight excluding hydrogens is 286 g/mol. The van der Waals surface area contributed by atoms with Gasteiger partial charge in [-0.3, -0.25) is 0 Å². The van der Waals surface area contributed by atoms with Gasteiger partial charge in [0.2, 0.25) is 5.75 Å². The molecule has 0 saturated carbocycles. The van der Waals surface area contributed by atoms with Gasteiger partial charge in [-0.15, -0.1) is 5.10 Å². The number of rotatable bonds is 6. The molecule has 0 unspecified atom stereocenters. The Kier molecular flexibility index (Phi) is 4.87. The Labute approximate surface area is 129 Å². The Morgan fingerprint density at radius 2 is 1.68 bits per heavy atom. The Bertz CT molecular complexity index is 627. The SMILES string of the molecule is COc1cc(-c2c(CO)nnn2C(C)C)cc(OC)c1OC. The number of ether oxygens (including phenoxy) is 3. The first-order valence-electron chi connectivity index (χ1n) is 6.92. The molecule has 22 heavy (non-hydrogen) atoms. The number of methoxy groups -OCH3 is 3. The predicted molar refractivity (Wildman–Crippen MR) is 81.4 cm³/mol. The van der Waals surface area contributed by atoms with Crippen LogP contribution in [0.15, 0.2) is 12.1 Å². The quantitative estimate of drug-likeness (QED) is 0.880. The molecule has 1 heterocycles. The number of hydrogen-bond donors (Lipinski definition) is 1. The van der Waals surface area contributed by atoms with E-state index in [1.165, 1.54) is 0 Å². The maximum absolute atomic E-state index is 9.53. The van der Waals surface area contributed by atoms with Gasteiger partial charge in [0.15, 0.2) is 11.5 Å². The second kappa shape index (κ2) is 6.65. The fourth-order valence-electron chi connectivity index (χ4n) is 2.31. The number of hydrogen-bond acceptors (Lipinski definition) is 6. The Hall–Kier alpha value is -2.28. The van der Waals surface area contributed by atoms with E-state index in [1.807, 2.05) is 26.0 Å². The molecule has 2 rings (SSSR count). The molecule has 1 aromatic carbocycles. The van der Waals surface area contributed by atoms with Crippen molar-refractivity contribution in [2.75, 3.05) is 21.3 Å². The molecule has 0 spiro atoms. The minimum Gasteiger partial charge on any atom is -0.493 e. The summed E-state index contributed by atoms with van der Waals surface area (Å²) < 4.78 is 17.8. The molecule has 7 nitrogen and oxygen atoms in total. The first-order valence-corrected chi connectivity index (χ1v) is 6.92. The summed E-state index contributed by atoms with van der Waals surface area (Å²) in [5, 5.41) is 17.7. The molecule has 0 atom stereocenters. The van der Waals surface area contributed by atoms with Crippen molar-refractivity contribution in [3.63, 3.8) is 0 Å². The summed E-state index contributed by atoms with van der Waals surface area (Å²) in [7, 11) is 4.68. The Morgan fingerprint density at radius 1 is 1.09 bits per heavy atom. The normalized spacial score (nSPS) is 10.9. The number of aromatic nitrogens is 3. The van der Waals surface area contributed by atoms with Gasteiger partial charge in [-0.2, -0.15) is 0 Å². The molecule has 0 aliphatic carbocycles. The van der Waals surface area contributed by atoms with Crippen LogP contribution in [0.2, 0.25) is 0 Å². The van der Waals surface area contributed by atoms with Crippen molar-refractivity contribution < 1.29 is 19.3 Å². The molecule has 0 radical (unpaired) electrons. The van der Waals surface area contributed by atoms with Crippen LogP contribution in [-0.4, -0.2) is 41.4 Å². The van der Waals surface area contributed by atoms with Crippen molar-refractivity contribution in [1.82, 2.24) is 15.0 Å². The van der Waals surface area contributed by atoms with Gasteiger partial charge in [0, 0.05) is 11.6 Å². The first-order chi connectivity index (χ1) is 10.6. The average Bonchev–Trinajstić information content (AvgIpc) is 2.97. The van der Waals surface area contributed by atoms with E-state index in [4.69, 9.17) is 14.2 Å². The fourth-order valence-corrected chi connectivity index (χ4v) is 2.31. The third-order valence-electron chi connectivity index (χ3n) is 3.34. The minimum absolute atomic E-state index is 0.0990. The van der Waals surface area contributed by atoms with Gasteiger partial charge in [0.25, 0.3) is 0 Å². The summed E-state index contributed by atoms with van der Waals surface area (Å²) in [6.07, 6.45) is 0. The van der Waals surface area contributed by atoms with Crippen LogP contribution >= 0.6 is 0 Å². The fraction of sp³-hybridized carbons (Fsp3) is 0.467. The van der Waals surface area contributed by atoms with Gasteiger partial charge >= 0.3 is 0 Å². The van der Waals surface area contributed by atoms with Crippen LogP contribution < -0.4 is 14.2 Å². The number of aliphatic hydroxyl groups excluding tert-OH is 1. The second-order valence-electron chi connectivity index (χ2n) is 5.00. The number of aliphatic hydroxyl groups is 1. The molecule has 0 fully saturated rings. The van der Waals surface area contributed by atoms with Crippen molar-refractivity contribution in [3.05, 3.63) is 17.8 Å². The number of benzene rings is 1. The summed E-state index contributed by atoms with van der Waals surface area (Å²) in [6.45, 7) is 3.80. The van der Waals surface area contributed by atoms with Crippen molar-refractivity contribution in [1.29, 1.82) is 0 Å². The zero-order valence-electron chi connectivity index (χ0n) is 13.5. The van der Waals surface area contributed by atoms with Crippen molar-refractivity contribution >= 4 is 0 Å². The van der Waals surface area contributed by atoms with Crippen LogP contribution in [0.25, 0.3) is 11.3 Å². The highest BCUT2D eigenvalue weighted by Crippen LogP contribution is 2.41. The largest absolute Gasteiger partial charge is 0.493 e. The van der Waals surface area contributed by atoms with E-state index in [2.05, 4.69) is 10.3 Å². The molecule has 0 bridgehead atoms. The van der Waals surface area contributed by atoms with Crippen LogP contribution in [0, 0.1) is 0 Å². The minimum atomic E-state index is -0.196. The Balaban J connectivity index is 2.70. The maximum Gasteiger partial charge on any atom is 0.203 e. The van der Waals surface area contributed by atoms with E-state index in [-0.39, 0.29) is 12.6 Å². The lowest BCUT2D eigenvalue weighted by Gasteiger charge is -2.16. The number of nitrogens with zero attached hydrogens (tertiary/aromatic N) is 3. The molecule has 0 aliphatic rings. The van der Waals surface area contributed by atoms with E-state index in [1.54, 1.807) is 26.0 Å². The molecule has 1 aromatic heterocycles. The van der Waals surface area contributed by atoms with Crippen LogP contribution in [0.3, 0.4) is 0 Å². The first kappa shape index (κ1) is 16.1. The summed E-state index contributed by atoms with van der Waals surface area (Å²) in [5.74, 6) is 1.59. The van der Waals surface area contributed by atoms with Gasteiger partial charge < -0.3 is 19.3 Å². The van der Waals surface area contributed by atoms with Crippen molar-refractivity contribution in [3.8, 4) is 28.5 Å². The van der Waals surface area contributed by atoms with Gasteiger partial charge in [-0.05, 0) is 26.0 Å². The molecule has 0 saturated heterocycles. The topological polar surface area (TPSA) is 78.6 Å². The van der Waals surface area contributed by atoms with Crippen LogP contribution in [0.5, 0.6) is 17.2 Å². The zero-order valence-corrected chi connectivity index (χ0v) is 13.5. The van der Waals surface area contributed by atoms with Crippen molar-refractivity contribution in [2.24, 2.45) is 0 Å². The average molecular weight is 307 g/mol. The maximum atomic E-state index is 9.53. The molecule has 7 heteroatoms. The lowest BCUT2D eigenvalue weighted by atomic mass is 10.1. The van der Waals surface area contributed by atoms with E-state index < -0.39 is 0 Å². The molecule has 0 amide bonds. The highest BCUT2D eigenvalue weighted by Gasteiger charge is 2.21. The molecule has 1 N–H and O–H groups in total. The van der Waals surface area contributed by atoms with Gasteiger partial charge in [-0.25, -0.2) is 4.68 Å². The lowest BCUT2D eigenvalue weighted by molar-refractivity contribution is 0.277. The van der Waals surface area contributed by atoms with Gasteiger partial charge in [0.05, 0.1) is 33.6 Å². The third kappa shape index (κ3) is 2.71. The highest BCUT2D eigenvalue weighted by molar-refractivity contribution is 5.70. The second-order valence-corrected chi connectivity index (χ2v) is 5.00. The summed E-state index contributed by atoms with van der Waals surface area (Å²) in [6, 6.07) is 3.73. The van der Waals surface area contributed by atoms with E-state index in [0.29, 0.717) is 22.9 Å². The highest BCUT2D eigenvalue weighted by atomic mass is 16.5. The van der Waals surface area contributed by atoms with Crippen LogP contribution in [0.4, 0.5) is 0 Å². The zero-order chi connectivity index (χ0) is 16.3. The molecule has 2 aromatic rings. The van der Waals surface area contributed by atoms with Crippen LogP contribution in [0.1, 0.15) is 25.6 Å². The third-order valence-corrected chi connectivity index (χ3v) is 3.34. The Morgan fingerprint density at radius 3 is 2.09 bits per heavy atom. The van der Waals surface area contributed by atoms with Gasteiger partial charge in [-0.1, -0.05) is 5.21 Å². The van der Waals surface area contributed by atoms with E-state index in [0.717, 1.165) is 11.3 Å². The smallest absolute Gasteiger partial charge is 0.203 e. The predicted octanol–water partition coefficient (Wildman–Crippen LogP) is 2.04. The van der Waals surface area contributed by atoms with E-state index in [9.17, 15) is 5.11 Å². The van der Waals surface area contributed by atoms with Crippen molar-refractivity contribution in [2.45, 2.75) is 26.5 Å². The van der Waals surface area contributed by atoms with Gasteiger partial charge in [0.1, 0.15) is 5.69 Å². The lowest BCUT2D eigenvalue weighted by Crippen LogP contribution is -2.06. The van der Waals surface area contributed by atoms with Crippen LogP contribution in [-0.2, 0) is 6.61 Å². The molecular formula is C15H21N3O4. The molecule has 0 aliphatic heterocycles.